The van der Waals surface area contributed by atoms with Gasteiger partial charge in [-0.15, -0.1) is 0 Å². The zero-order valence-corrected chi connectivity index (χ0v) is 23.5. The Morgan fingerprint density at radius 3 is 2.00 bits per heavy atom. The Labute approximate surface area is 240 Å². The lowest BCUT2D eigenvalue weighted by Crippen LogP contribution is -2.61. The molecule has 13 nitrogen and oxygen atoms in total. The molecule has 39 heavy (non-hydrogen) atoms. The van der Waals surface area contributed by atoms with Crippen LogP contribution >= 0.6 is 31.9 Å². The average Bonchev–Trinajstić information content (AvgIpc) is 2.94. The standard InChI is InChI=1S/C24H30Br2N4O9/c25-12-1-5-14(6-2-12)28-27-9-16(30-29-15-7-3-13(26)4-8-15)19(34)23(17(33)10-31)39-24-22(37)21(36)20(35)18(11-32)38-24/h1-9,17-24,28-29,31-37H,10-11H2/b27-9+,30-16-/t17-,18+,19+,20-,21-,22-,23-,24-/m1/s1. The largest absolute Gasteiger partial charge is 0.394 e. The van der Waals surface area contributed by atoms with Gasteiger partial charge in [-0.25, -0.2) is 0 Å². The van der Waals surface area contributed by atoms with Crippen molar-refractivity contribution >= 4 is 55.2 Å². The molecule has 0 bridgehead atoms. The van der Waals surface area contributed by atoms with Gasteiger partial charge < -0.3 is 45.2 Å². The van der Waals surface area contributed by atoms with E-state index in [1.165, 1.54) is 0 Å². The summed E-state index contributed by atoms with van der Waals surface area (Å²) >= 11 is 6.68. The van der Waals surface area contributed by atoms with E-state index < -0.39 is 62.2 Å². The molecular formula is C24H30Br2N4O9. The van der Waals surface area contributed by atoms with Crippen LogP contribution in [0.4, 0.5) is 11.4 Å². The second-order valence-corrected chi connectivity index (χ2v) is 10.4. The highest BCUT2D eigenvalue weighted by atomic mass is 79.9. The molecule has 1 aliphatic heterocycles. The minimum atomic E-state index is -1.81. The molecule has 1 fully saturated rings. The van der Waals surface area contributed by atoms with Crippen LogP contribution in [0, 0.1) is 0 Å². The smallest absolute Gasteiger partial charge is 0.187 e. The molecule has 1 saturated heterocycles. The number of hydrazone groups is 2. The average molecular weight is 678 g/mol. The minimum Gasteiger partial charge on any atom is -0.394 e. The molecule has 0 amide bonds. The minimum absolute atomic E-state index is 0.162. The molecule has 3 rings (SSSR count). The van der Waals surface area contributed by atoms with Crippen LogP contribution in [0.2, 0.25) is 0 Å². The monoisotopic (exact) mass is 676 g/mol. The van der Waals surface area contributed by atoms with Crippen LogP contribution in [0.5, 0.6) is 0 Å². The van der Waals surface area contributed by atoms with Crippen molar-refractivity contribution in [1.82, 2.24) is 0 Å². The van der Waals surface area contributed by atoms with Gasteiger partial charge in [0.05, 0.1) is 30.8 Å². The number of hydrogen-bond acceptors (Lipinski definition) is 13. The van der Waals surface area contributed by atoms with Crippen LogP contribution in [0.3, 0.4) is 0 Å². The second kappa shape index (κ2) is 15.1. The lowest BCUT2D eigenvalue weighted by Gasteiger charge is -2.41. The van der Waals surface area contributed by atoms with Gasteiger partial charge in [0.2, 0.25) is 0 Å². The molecule has 0 aromatic heterocycles. The number of anilines is 2. The molecule has 0 saturated carbocycles. The fraction of sp³-hybridized carbons (Fsp3) is 0.417. The molecular weight excluding hydrogens is 648 g/mol. The number of rotatable bonds is 12. The van der Waals surface area contributed by atoms with Crippen molar-refractivity contribution in [3.05, 3.63) is 57.5 Å². The Morgan fingerprint density at radius 1 is 0.897 bits per heavy atom. The Balaban J connectivity index is 1.87. The zero-order valence-electron chi connectivity index (χ0n) is 20.3. The van der Waals surface area contributed by atoms with Gasteiger partial charge in [0.15, 0.2) is 6.29 Å². The summed E-state index contributed by atoms with van der Waals surface area (Å²) in [6, 6.07) is 14.0. The maximum absolute atomic E-state index is 11.2. The van der Waals surface area contributed by atoms with Gasteiger partial charge in [-0.05, 0) is 48.5 Å². The van der Waals surface area contributed by atoms with Gasteiger partial charge in [0.25, 0.3) is 0 Å². The molecule has 2 aromatic rings. The number of nitrogens with one attached hydrogen (secondary N) is 2. The Hall–Kier alpha value is -2.02. The van der Waals surface area contributed by atoms with Crippen LogP contribution in [0.1, 0.15) is 0 Å². The molecule has 0 spiro atoms. The van der Waals surface area contributed by atoms with Gasteiger partial charge in [-0.3, -0.25) is 10.9 Å². The summed E-state index contributed by atoms with van der Waals surface area (Å²) in [7, 11) is 0. The van der Waals surface area contributed by atoms with Gasteiger partial charge in [-0.1, -0.05) is 31.9 Å². The van der Waals surface area contributed by atoms with Crippen LogP contribution in [-0.2, 0) is 9.47 Å². The van der Waals surface area contributed by atoms with Crippen molar-refractivity contribution in [2.24, 2.45) is 10.2 Å². The molecule has 0 aliphatic carbocycles. The summed E-state index contributed by atoms with van der Waals surface area (Å²) < 4.78 is 12.6. The van der Waals surface area contributed by atoms with E-state index in [1.54, 1.807) is 48.5 Å². The van der Waals surface area contributed by atoms with E-state index in [2.05, 4.69) is 52.9 Å². The van der Waals surface area contributed by atoms with E-state index in [9.17, 15) is 35.7 Å². The first-order chi connectivity index (χ1) is 18.6. The van der Waals surface area contributed by atoms with Crippen molar-refractivity contribution in [2.75, 3.05) is 24.1 Å². The van der Waals surface area contributed by atoms with E-state index >= 15 is 0 Å². The molecule has 9 N–H and O–H groups in total. The Morgan fingerprint density at radius 2 is 1.46 bits per heavy atom. The summed E-state index contributed by atoms with van der Waals surface area (Å²) in [5.74, 6) is 0. The molecule has 15 heteroatoms. The van der Waals surface area contributed by atoms with E-state index in [0.717, 1.165) is 15.2 Å². The van der Waals surface area contributed by atoms with Crippen LogP contribution in [0.15, 0.2) is 67.7 Å². The summed E-state index contributed by atoms with van der Waals surface area (Å²) in [5, 5.41) is 79.4. The topological polar surface area (TPSA) is 209 Å². The number of aliphatic hydroxyl groups is 7. The van der Waals surface area contributed by atoms with Crippen LogP contribution < -0.4 is 10.9 Å². The van der Waals surface area contributed by atoms with Crippen molar-refractivity contribution in [2.45, 2.75) is 49.0 Å². The SMILES string of the molecule is OC[C@@H](O)[C@@H](O[C@H]1O[C@@H](CO)[C@@H](O)[C@@H](O)[C@H]1O)[C@@H](O)C(/C=N/Nc1ccc(Br)cc1)=N\Nc1ccc(Br)cc1. The zero-order chi connectivity index (χ0) is 28.5. The number of halogens is 2. The molecule has 214 valence electrons. The van der Waals surface area contributed by atoms with E-state index in [4.69, 9.17) is 9.47 Å². The lowest BCUT2D eigenvalue weighted by molar-refractivity contribution is -0.322. The fourth-order valence-corrected chi connectivity index (χ4v) is 4.03. The molecule has 8 atom stereocenters. The third-order valence-electron chi connectivity index (χ3n) is 5.71. The van der Waals surface area contributed by atoms with E-state index in [1.807, 2.05) is 0 Å². The molecule has 0 unspecified atom stereocenters. The third-order valence-corrected chi connectivity index (χ3v) is 6.77. The number of hydrogen-bond donors (Lipinski definition) is 9. The summed E-state index contributed by atoms with van der Waals surface area (Å²) in [4.78, 5) is 0. The van der Waals surface area contributed by atoms with Gasteiger partial charge in [0, 0.05) is 8.95 Å². The highest BCUT2D eigenvalue weighted by Crippen LogP contribution is 2.25. The van der Waals surface area contributed by atoms with Gasteiger partial charge >= 0.3 is 0 Å². The summed E-state index contributed by atoms with van der Waals surface area (Å²) in [5.41, 5.74) is 6.54. The van der Waals surface area contributed by atoms with Crippen LogP contribution in [0.25, 0.3) is 0 Å². The molecule has 1 heterocycles. The molecule has 2 aromatic carbocycles. The third kappa shape index (κ3) is 8.73. The molecule has 0 radical (unpaired) electrons. The van der Waals surface area contributed by atoms with Gasteiger partial charge in [0.1, 0.15) is 48.4 Å². The number of ether oxygens (including phenoxy) is 2. The molecule has 1 aliphatic rings. The number of nitrogens with zero attached hydrogens (tertiary/aromatic N) is 2. The maximum Gasteiger partial charge on any atom is 0.187 e. The quantitative estimate of drug-likeness (QED) is 0.108. The fourth-order valence-electron chi connectivity index (χ4n) is 3.50. The predicted octanol–water partition coefficient (Wildman–Crippen LogP) is -0.0234. The van der Waals surface area contributed by atoms with E-state index in [-0.39, 0.29) is 5.71 Å². The Kier molecular flexibility index (Phi) is 12.2. The highest BCUT2D eigenvalue weighted by Gasteiger charge is 2.46. The normalized spacial score (nSPS) is 26.3. The first-order valence-corrected chi connectivity index (χ1v) is 13.3. The van der Waals surface area contributed by atoms with Crippen molar-refractivity contribution < 1.29 is 45.2 Å². The first-order valence-electron chi connectivity index (χ1n) is 11.7. The summed E-state index contributed by atoms with van der Waals surface area (Å²) in [6.45, 7) is -1.57. The predicted molar refractivity (Wildman–Crippen MR) is 149 cm³/mol. The Bertz CT molecular complexity index is 1090. The summed E-state index contributed by atoms with van der Waals surface area (Å²) in [6.07, 6.45) is -12.2. The van der Waals surface area contributed by atoms with E-state index in [0.29, 0.717) is 11.4 Å². The number of aliphatic hydroxyl groups excluding tert-OH is 7. The van der Waals surface area contributed by atoms with Gasteiger partial charge in [-0.2, -0.15) is 10.2 Å². The van der Waals surface area contributed by atoms with Crippen molar-refractivity contribution in [1.29, 1.82) is 0 Å². The maximum atomic E-state index is 11.2. The lowest BCUT2D eigenvalue weighted by atomic mass is 9.98. The van der Waals surface area contributed by atoms with Crippen molar-refractivity contribution in [3.8, 4) is 0 Å². The number of benzene rings is 2. The van der Waals surface area contributed by atoms with Crippen LogP contribution in [-0.4, -0.2) is 110 Å². The first kappa shape index (κ1) is 31.5. The van der Waals surface area contributed by atoms with Crippen molar-refractivity contribution in [3.63, 3.8) is 0 Å². The highest BCUT2D eigenvalue weighted by molar-refractivity contribution is 9.10. The second-order valence-electron chi connectivity index (χ2n) is 8.52.